The van der Waals surface area contributed by atoms with Gasteiger partial charge in [0, 0.05) is 20.1 Å². The van der Waals surface area contributed by atoms with Gasteiger partial charge in [-0.15, -0.1) is 0 Å². The van der Waals surface area contributed by atoms with E-state index in [-0.39, 0.29) is 24.0 Å². The first-order valence-electron chi connectivity index (χ1n) is 6.01. The van der Waals surface area contributed by atoms with E-state index >= 15 is 0 Å². The van der Waals surface area contributed by atoms with Crippen LogP contribution in [0.2, 0.25) is 0 Å². The number of nitrogens with zero attached hydrogens (tertiary/aromatic N) is 2. The summed E-state index contributed by atoms with van der Waals surface area (Å²) in [7, 11) is 1.41. The Balaban J connectivity index is 2.40. The number of hydrogen-bond acceptors (Lipinski definition) is 4. The minimum atomic E-state index is -0.815. The number of likely N-dealkylation sites (tertiary alicyclic amines) is 1. The Hall–Kier alpha value is -1.70. The zero-order valence-corrected chi connectivity index (χ0v) is 11.7. The number of nitrogens with one attached hydrogen (secondary N) is 1. The Morgan fingerprint density at radius 1 is 1.32 bits per heavy atom. The molecule has 0 aliphatic carbocycles. The highest BCUT2D eigenvalue weighted by molar-refractivity contribution is 7.80. The maximum Gasteiger partial charge on any atom is 0.312 e. The molecular formula is C11H18N4O3S. The highest BCUT2D eigenvalue weighted by Gasteiger charge is 2.24. The molecule has 3 amide bonds. The summed E-state index contributed by atoms with van der Waals surface area (Å²) in [4.78, 5) is 37.8. The topological polar surface area (TPSA) is 95.7 Å². The van der Waals surface area contributed by atoms with Crippen LogP contribution in [0.4, 0.5) is 0 Å². The average Bonchev–Trinajstić information content (AvgIpc) is 2.88. The van der Waals surface area contributed by atoms with Gasteiger partial charge in [-0.2, -0.15) is 0 Å². The van der Waals surface area contributed by atoms with Gasteiger partial charge in [-0.05, 0) is 12.8 Å². The third-order valence-corrected chi connectivity index (χ3v) is 2.94. The molecule has 19 heavy (non-hydrogen) atoms. The number of carbonyl (C=O) groups excluding carboxylic acids is 3. The maximum atomic E-state index is 11.8. The van der Waals surface area contributed by atoms with Crippen LogP contribution in [-0.4, -0.2) is 65.7 Å². The lowest BCUT2D eigenvalue weighted by atomic mass is 10.4. The van der Waals surface area contributed by atoms with Crippen LogP contribution in [0.15, 0.2) is 0 Å². The van der Waals surface area contributed by atoms with Gasteiger partial charge in [0.25, 0.3) is 0 Å². The van der Waals surface area contributed by atoms with E-state index in [2.05, 4.69) is 17.5 Å². The summed E-state index contributed by atoms with van der Waals surface area (Å²) in [5.41, 5.74) is 5.21. The quantitative estimate of drug-likeness (QED) is 0.483. The monoisotopic (exact) mass is 286 g/mol. The molecule has 8 heteroatoms. The van der Waals surface area contributed by atoms with Crippen molar-refractivity contribution in [1.29, 1.82) is 0 Å². The second kappa shape index (κ2) is 7.03. The third kappa shape index (κ3) is 4.82. The first kappa shape index (κ1) is 15.4. The van der Waals surface area contributed by atoms with Crippen molar-refractivity contribution in [3.8, 4) is 0 Å². The number of nitrogens with two attached hydrogens (primary N) is 1. The van der Waals surface area contributed by atoms with Crippen molar-refractivity contribution in [2.24, 2.45) is 5.73 Å². The molecule has 0 saturated carbocycles. The van der Waals surface area contributed by atoms with Gasteiger partial charge in [0.2, 0.25) is 5.91 Å². The van der Waals surface area contributed by atoms with E-state index in [0.29, 0.717) is 13.1 Å². The normalized spacial score (nSPS) is 14.1. The molecule has 7 nitrogen and oxygen atoms in total. The molecule has 106 valence electrons. The molecule has 1 fully saturated rings. The highest BCUT2D eigenvalue weighted by atomic mass is 32.1. The van der Waals surface area contributed by atoms with E-state index in [9.17, 15) is 14.4 Å². The Morgan fingerprint density at radius 3 is 2.42 bits per heavy atom. The second-order valence-corrected chi connectivity index (χ2v) is 4.92. The molecule has 1 aliphatic rings. The van der Waals surface area contributed by atoms with Crippen molar-refractivity contribution >= 4 is 34.9 Å². The number of amides is 3. The predicted octanol–water partition coefficient (Wildman–Crippen LogP) is -1.53. The van der Waals surface area contributed by atoms with Crippen molar-refractivity contribution < 1.29 is 14.4 Å². The van der Waals surface area contributed by atoms with Gasteiger partial charge >= 0.3 is 11.8 Å². The van der Waals surface area contributed by atoms with Gasteiger partial charge < -0.3 is 20.9 Å². The van der Waals surface area contributed by atoms with Gasteiger partial charge in [0.05, 0.1) is 18.1 Å². The van der Waals surface area contributed by atoms with Crippen LogP contribution in [0, 0.1) is 0 Å². The predicted molar refractivity (Wildman–Crippen MR) is 73.2 cm³/mol. The van der Waals surface area contributed by atoms with Crippen LogP contribution in [0.5, 0.6) is 0 Å². The Kier molecular flexibility index (Phi) is 5.68. The first-order chi connectivity index (χ1) is 8.91. The van der Waals surface area contributed by atoms with Crippen molar-refractivity contribution in [2.75, 3.05) is 33.2 Å². The van der Waals surface area contributed by atoms with Crippen molar-refractivity contribution in [3.05, 3.63) is 0 Å². The average molecular weight is 286 g/mol. The van der Waals surface area contributed by atoms with Crippen LogP contribution >= 0.6 is 12.2 Å². The molecule has 0 aromatic heterocycles. The Morgan fingerprint density at radius 2 is 1.89 bits per heavy atom. The van der Waals surface area contributed by atoms with Crippen molar-refractivity contribution in [3.63, 3.8) is 0 Å². The molecule has 0 bridgehead atoms. The van der Waals surface area contributed by atoms with Gasteiger partial charge in [0.1, 0.15) is 0 Å². The molecular weight excluding hydrogens is 268 g/mol. The highest BCUT2D eigenvalue weighted by Crippen LogP contribution is 2.07. The van der Waals surface area contributed by atoms with Crippen LogP contribution in [-0.2, 0) is 14.4 Å². The van der Waals surface area contributed by atoms with E-state index in [4.69, 9.17) is 5.73 Å². The number of carbonyl (C=O) groups is 3. The minimum absolute atomic E-state index is 0.0339. The van der Waals surface area contributed by atoms with Gasteiger partial charge in [-0.3, -0.25) is 14.4 Å². The molecule has 0 aromatic rings. The van der Waals surface area contributed by atoms with Gasteiger partial charge in [-0.1, -0.05) is 12.2 Å². The fourth-order valence-corrected chi connectivity index (χ4v) is 1.83. The number of rotatable bonds is 4. The van der Waals surface area contributed by atoms with Crippen molar-refractivity contribution in [1.82, 2.24) is 15.1 Å². The summed E-state index contributed by atoms with van der Waals surface area (Å²) in [5.74, 6) is -1.73. The molecule has 0 atom stereocenters. The lowest BCUT2D eigenvalue weighted by Gasteiger charge is -2.20. The Labute approximate surface area is 117 Å². The molecule has 1 rings (SSSR count). The summed E-state index contributed by atoms with van der Waals surface area (Å²) < 4.78 is 0. The smallest absolute Gasteiger partial charge is 0.312 e. The minimum Gasteiger partial charge on any atom is -0.392 e. The van der Waals surface area contributed by atoms with Crippen LogP contribution < -0.4 is 11.1 Å². The standard InChI is InChI=1S/C11H18N4O3S/c1-14(7-9(16)15-4-2-3-5-15)11(18)10(17)13-6-8(12)19/h2-7H2,1H3,(H2,12,19)(H,13,17). The number of likely N-dealkylation sites (N-methyl/N-ethyl adjacent to an activating group) is 1. The SMILES string of the molecule is CN(CC(=O)N1CCCC1)C(=O)C(=O)NCC(N)=S. The lowest BCUT2D eigenvalue weighted by molar-refractivity contribution is -0.147. The Bertz CT molecular complexity index is 393. The van der Waals surface area contributed by atoms with Gasteiger partial charge in [-0.25, -0.2) is 0 Å². The fourth-order valence-electron chi connectivity index (χ4n) is 1.76. The summed E-state index contributed by atoms with van der Waals surface area (Å²) in [5, 5.41) is 2.28. The molecule has 1 saturated heterocycles. The zero-order chi connectivity index (χ0) is 14.4. The van der Waals surface area contributed by atoms with Crippen LogP contribution in [0.1, 0.15) is 12.8 Å². The molecule has 1 heterocycles. The summed E-state index contributed by atoms with van der Waals surface area (Å²) >= 11 is 4.59. The summed E-state index contributed by atoms with van der Waals surface area (Å²) in [6, 6.07) is 0. The van der Waals surface area contributed by atoms with E-state index < -0.39 is 11.8 Å². The van der Waals surface area contributed by atoms with Crippen LogP contribution in [0.3, 0.4) is 0 Å². The molecule has 0 unspecified atom stereocenters. The number of thiocarbonyl (C=S) groups is 1. The summed E-state index contributed by atoms with van der Waals surface area (Å²) in [6.45, 7) is 1.30. The number of hydrogen-bond donors (Lipinski definition) is 2. The second-order valence-electron chi connectivity index (χ2n) is 4.40. The summed E-state index contributed by atoms with van der Waals surface area (Å²) in [6.07, 6.45) is 1.97. The fraction of sp³-hybridized carbons (Fsp3) is 0.636. The first-order valence-corrected chi connectivity index (χ1v) is 6.42. The molecule has 0 aromatic carbocycles. The largest absolute Gasteiger partial charge is 0.392 e. The lowest BCUT2D eigenvalue weighted by Crippen LogP contribution is -2.47. The molecule has 0 spiro atoms. The molecule has 3 N–H and O–H groups in total. The van der Waals surface area contributed by atoms with E-state index in [1.165, 1.54) is 7.05 Å². The maximum absolute atomic E-state index is 11.8. The van der Waals surface area contributed by atoms with E-state index in [0.717, 1.165) is 17.7 Å². The molecule has 1 aliphatic heterocycles. The van der Waals surface area contributed by atoms with E-state index in [1.807, 2.05) is 0 Å². The van der Waals surface area contributed by atoms with Crippen LogP contribution in [0.25, 0.3) is 0 Å². The zero-order valence-electron chi connectivity index (χ0n) is 10.8. The molecule has 0 radical (unpaired) electrons. The van der Waals surface area contributed by atoms with Gasteiger partial charge in [0.15, 0.2) is 0 Å². The van der Waals surface area contributed by atoms with E-state index in [1.54, 1.807) is 4.90 Å². The third-order valence-electron chi connectivity index (χ3n) is 2.80. The van der Waals surface area contributed by atoms with Crippen molar-refractivity contribution in [2.45, 2.75) is 12.8 Å².